The van der Waals surface area contributed by atoms with Crippen LogP contribution in [0.15, 0.2) is 67.3 Å². The highest BCUT2D eigenvalue weighted by Gasteiger charge is 2.21. The van der Waals surface area contributed by atoms with Crippen LogP contribution in [0.25, 0.3) is 16.6 Å². The Kier molecular flexibility index (Phi) is 6.54. The highest BCUT2D eigenvalue weighted by atomic mass is 35.5. The molecule has 0 radical (unpaired) electrons. The van der Waals surface area contributed by atoms with Gasteiger partial charge in [-0.1, -0.05) is 23.2 Å². The number of aromatic nitrogens is 2. The predicted octanol–water partition coefficient (Wildman–Crippen LogP) is 3.33. The minimum absolute atomic E-state index is 0.0389. The van der Waals surface area contributed by atoms with Crippen LogP contribution in [0, 0.1) is 0 Å². The number of rotatable bonds is 5. The van der Waals surface area contributed by atoms with E-state index in [0.29, 0.717) is 30.1 Å². The molecular formula is C22H15Cl2N5O6S2. The minimum Gasteiger partial charge on any atom is -0.476 e. The lowest BCUT2D eigenvalue weighted by Gasteiger charge is -2.12. The van der Waals surface area contributed by atoms with Crippen molar-refractivity contribution in [2.45, 2.75) is 4.21 Å². The molecule has 0 saturated heterocycles. The van der Waals surface area contributed by atoms with Gasteiger partial charge in [0.05, 0.1) is 32.5 Å². The molecule has 2 amide bonds. The number of H-pyrrole nitrogens is 1. The zero-order valence-electron chi connectivity index (χ0n) is 18.4. The van der Waals surface area contributed by atoms with Crippen molar-refractivity contribution in [3.63, 3.8) is 0 Å². The Morgan fingerprint density at radius 3 is 2.59 bits per heavy atom. The summed E-state index contributed by atoms with van der Waals surface area (Å²) in [7, 11) is -4.13. The normalized spacial score (nSPS) is 13.3. The highest BCUT2D eigenvalue weighted by Crippen LogP contribution is 2.26. The van der Waals surface area contributed by atoms with E-state index in [0.717, 1.165) is 15.9 Å². The number of urea groups is 1. The van der Waals surface area contributed by atoms with Crippen LogP contribution in [0.1, 0.15) is 5.56 Å². The van der Waals surface area contributed by atoms with Gasteiger partial charge in [-0.25, -0.2) is 32.3 Å². The number of ether oxygens (including phenoxy) is 1. The van der Waals surface area contributed by atoms with Gasteiger partial charge < -0.3 is 15.0 Å². The molecule has 0 saturated carbocycles. The second-order valence-corrected chi connectivity index (χ2v) is 11.7. The van der Waals surface area contributed by atoms with Gasteiger partial charge in [-0.3, -0.25) is 4.79 Å². The number of fused-ring (bicyclic) bond motifs is 1. The number of nitrogens with zero attached hydrogens (tertiary/aromatic N) is 2. The lowest BCUT2D eigenvalue weighted by Crippen LogP contribution is -2.34. The molecule has 3 N–H and O–H groups in total. The van der Waals surface area contributed by atoms with E-state index < -0.39 is 27.3 Å². The number of benzene rings is 2. The Bertz CT molecular complexity index is 1830. The van der Waals surface area contributed by atoms with Crippen LogP contribution in [0.5, 0.6) is 0 Å². The fourth-order valence-corrected chi connectivity index (χ4v) is 6.27. The van der Waals surface area contributed by atoms with Gasteiger partial charge in [-0.15, -0.1) is 11.3 Å². The van der Waals surface area contributed by atoms with Crippen LogP contribution >= 0.6 is 34.5 Å². The number of aliphatic imine (C=N–C) groups is 1. The Morgan fingerprint density at radius 2 is 1.92 bits per heavy atom. The summed E-state index contributed by atoms with van der Waals surface area (Å²) < 4.78 is 32.9. The zero-order valence-corrected chi connectivity index (χ0v) is 21.6. The number of aromatic amines is 1. The largest absolute Gasteiger partial charge is 0.476 e. The standard InChI is InChI=1S/C22H15Cl2N5O6S2/c23-14-10-12(26-21(31)28-37(33,34)18-6-5-17(24)36-18)2-4-16(14)29-20(30)13-3-1-11(19-25-7-8-35-19)9-15(13)27-22(29)32/h1-6,9-10H,7-8H2,(H,27,32)(H2,26,28,31). The number of carbonyl (C=O) groups excluding carboxylic acids is 1. The molecule has 1 aliphatic heterocycles. The number of sulfonamides is 1. The molecule has 5 rings (SSSR count). The summed E-state index contributed by atoms with van der Waals surface area (Å²) in [6.07, 6.45) is 0. The Labute approximate surface area is 222 Å². The molecule has 3 heterocycles. The third kappa shape index (κ3) is 4.98. The SMILES string of the molecule is O=C(Nc1ccc(-n2c(=O)[nH]c3cc(C4=NCCO4)ccc3c2=O)c(Cl)c1)NS(=O)(=O)c1ccc(Cl)s1. The molecule has 0 unspecified atom stereocenters. The lowest BCUT2D eigenvalue weighted by molar-refractivity contribution is 0.256. The molecule has 0 spiro atoms. The van der Waals surface area contributed by atoms with Gasteiger partial charge in [0.15, 0.2) is 0 Å². The Balaban J connectivity index is 1.41. The van der Waals surface area contributed by atoms with Gasteiger partial charge in [0.1, 0.15) is 10.8 Å². The van der Waals surface area contributed by atoms with E-state index in [1.807, 2.05) is 4.72 Å². The van der Waals surface area contributed by atoms with Gasteiger partial charge in [-0.05, 0) is 48.5 Å². The smallest absolute Gasteiger partial charge is 0.333 e. The van der Waals surface area contributed by atoms with E-state index in [1.165, 1.54) is 30.3 Å². The maximum Gasteiger partial charge on any atom is 0.333 e. The number of nitrogens with one attached hydrogen (secondary N) is 3. The number of halogens is 2. The second kappa shape index (κ2) is 9.67. The fraction of sp³-hybridized carbons (Fsp3) is 0.0909. The summed E-state index contributed by atoms with van der Waals surface area (Å²) in [6, 6.07) is 10.4. The van der Waals surface area contributed by atoms with Crippen molar-refractivity contribution >= 4 is 73.1 Å². The van der Waals surface area contributed by atoms with Gasteiger partial charge in [0.25, 0.3) is 15.6 Å². The summed E-state index contributed by atoms with van der Waals surface area (Å²) in [4.78, 5) is 45.1. The third-order valence-electron chi connectivity index (χ3n) is 5.22. The van der Waals surface area contributed by atoms with E-state index in [9.17, 15) is 22.8 Å². The van der Waals surface area contributed by atoms with Crippen LogP contribution in [0.4, 0.5) is 10.5 Å². The number of amides is 2. The third-order valence-corrected chi connectivity index (χ3v) is 8.57. The summed E-state index contributed by atoms with van der Waals surface area (Å²) in [5.74, 6) is 0.439. The summed E-state index contributed by atoms with van der Waals surface area (Å²) >= 11 is 12.9. The van der Waals surface area contributed by atoms with Gasteiger partial charge in [0.2, 0.25) is 5.90 Å². The maximum absolute atomic E-state index is 13.2. The van der Waals surface area contributed by atoms with Crippen LogP contribution in [0.3, 0.4) is 0 Å². The highest BCUT2D eigenvalue weighted by molar-refractivity contribution is 7.92. The second-order valence-electron chi connectivity index (χ2n) is 7.65. The molecule has 190 valence electrons. The number of anilines is 1. The molecule has 2 aromatic carbocycles. The first kappa shape index (κ1) is 25.0. The molecule has 4 aromatic rings. The minimum atomic E-state index is -4.13. The molecule has 2 aromatic heterocycles. The summed E-state index contributed by atoms with van der Waals surface area (Å²) in [5, 5.41) is 2.54. The van der Waals surface area contributed by atoms with E-state index in [1.54, 1.807) is 18.2 Å². The summed E-state index contributed by atoms with van der Waals surface area (Å²) in [6.45, 7) is 1.01. The molecular weight excluding hydrogens is 565 g/mol. The Morgan fingerprint density at radius 1 is 1.11 bits per heavy atom. The van der Waals surface area contributed by atoms with Gasteiger partial charge in [0, 0.05) is 11.3 Å². The molecule has 0 atom stereocenters. The number of carbonyl (C=O) groups is 1. The summed E-state index contributed by atoms with van der Waals surface area (Å²) in [5.41, 5.74) is -0.215. The van der Waals surface area contributed by atoms with Crippen molar-refractivity contribution in [1.82, 2.24) is 14.3 Å². The van der Waals surface area contributed by atoms with Crippen molar-refractivity contribution < 1.29 is 17.9 Å². The number of hydrogen-bond donors (Lipinski definition) is 3. The predicted molar refractivity (Wildman–Crippen MR) is 141 cm³/mol. The molecule has 0 aliphatic carbocycles. The molecule has 0 bridgehead atoms. The van der Waals surface area contributed by atoms with Crippen molar-refractivity contribution in [3.8, 4) is 5.69 Å². The quantitative estimate of drug-likeness (QED) is 0.330. The number of thiophene rings is 1. The van der Waals surface area contributed by atoms with Crippen molar-refractivity contribution in [2.24, 2.45) is 4.99 Å². The van der Waals surface area contributed by atoms with Crippen molar-refractivity contribution in [2.75, 3.05) is 18.5 Å². The van der Waals surface area contributed by atoms with Crippen molar-refractivity contribution in [3.05, 3.63) is 84.3 Å². The van der Waals surface area contributed by atoms with Crippen LogP contribution < -0.4 is 21.3 Å². The van der Waals surface area contributed by atoms with E-state index in [4.69, 9.17) is 27.9 Å². The van der Waals surface area contributed by atoms with E-state index in [-0.39, 0.29) is 30.3 Å². The zero-order chi connectivity index (χ0) is 26.3. The van der Waals surface area contributed by atoms with E-state index >= 15 is 0 Å². The molecule has 37 heavy (non-hydrogen) atoms. The van der Waals surface area contributed by atoms with Crippen LogP contribution in [-0.2, 0) is 14.8 Å². The molecule has 1 aliphatic rings. The topological polar surface area (TPSA) is 152 Å². The first-order valence-electron chi connectivity index (χ1n) is 10.5. The van der Waals surface area contributed by atoms with Gasteiger partial charge >= 0.3 is 11.7 Å². The average molecular weight is 580 g/mol. The van der Waals surface area contributed by atoms with E-state index in [2.05, 4.69) is 15.3 Å². The molecule has 11 nitrogen and oxygen atoms in total. The average Bonchev–Trinajstić information content (AvgIpc) is 3.52. The van der Waals surface area contributed by atoms with Crippen LogP contribution in [-0.4, -0.2) is 43.0 Å². The lowest BCUT2D eigenvalue weighted by atomic mass is 10.1. The van der Waals surface area contributed by atoms with Crippen molar-refractivity contribution in [1.29, 1.82) is 0 Å². The first-order chi connectivity index (χ1) is 17.6. The monoisotopic (exact) mass is 579 g/mol. The molecule has 0 fully saturated rings. The Hall–Kier alpha value is -3.65. The number of hydrogen-bond acceptors (Lipinski definition) is 8. The fourth-order valence-electron chi connectivity index (χ4n) is 3.62. The molecule has 15 heteroatoms. The van der Waals surface area contributed by atoms with Crippen LogP contribution in [0.2, 0.25) is 9.36 Å². The first-order valence-corrected chi connectivity index (χ1v) is 13.5. The van der Waals surface area contributed by atoms with Gasteiger partial charge in [-0.2, -0.15) is 0 Å². The maximum atomic E-state index is 13.2.